The number of β-lactam (4-membered cyclic amide) rings is 1. The highest BCUT2D eigenvalue weighted by atomic mass is 35.6. The number of carbonyl (C=O) groups excluding carboxylic acids is 3. The van der Waals surface area contributed by atoms with Crippen molar-refractivity contribution in [3.63, 3.8) is 0 Å². The minimum Gasteiger partial charge on any atom is -0.456 e. The summed E-state index contributed by atoms with van der Waals surface area (Å²) in [6.07, 6.45) is 1.84. The lowest BCUT2D eigenvalue weighted by Crippen LogP contribution is -2.70. The van der Waals surface area contributed by atoms with E-state index in [0.29, 0.717) is 0 Å². The number of alkyl halides is 3. The van der Waals surface area contributed by atoms with Crippen molar-refractivity contribution in [3.8, 4) is 0 Å². The number of rotatable bonds is 5. The molecule has 146 valence electrons. The summed E-state index contributed by atoms with van der Waals surface area (Å²) in [5.41, 5.74) is 0.106. The van der Waals surface area contributed by atoms with Gasteiger partial charge >= 0.3 is 5.97 Å². The summed E-state index contributed by atoms with van der Waals surface area (Å²) in [5, 5.41) is 4.21. The maximum Gasteiger partial charge on any atom is 0.354 e. The summed E-state index contributed by atoms with van der Waals surface area (Å²) in [6, 6.07) is 3.04. The van der Waals surface area contributed by atoms with E-state index in [1.807, 2.05) is 24.4 Å². The second kappa shape index (κ2) is 8.21. The molecule has 0 radical (unpaired) electrons. The van der Waals surface area contributed by atoms with E-state index in [2.05, 4.69) is 5.32 Å². The Bertz CT molecular complexity index is 779. The standard InChI is InChI=1S/C16H15Cl3N2O4S2/c1-8-5-10(15(24)25-7-16(17,18)19)21-13(23)12(14(21)27-8)20-11(22)6-9-3-2-4-26-9/h2-5,8,12,14H,6-7H2,1H3,(H,20,22)/t8?,12?,14-/m0/s1. The Morgan fingerprint density at radius 1 is 1.37 bits per heavy atom. The smallest absolute Gasteiger partial charge is 0.354 e. The van der Waals surface area contributed by atoms with Crippen LogP contribution in [-0.2, 0) is 25.5 Å². The summed E-state index contributed by atoms with van der Waals surface area (Å²) >= 11 is 19.7. The van der Waals surface area contributed by atoms with Crippen LogP contribution in [0.5, 0.6) is 0 Å². The van der Waals surface area contributed by atoms with Crippen molar-refractivity contribution in [2.45, 2.75) is 33.8 Å². The molecule has 1 fully saturated rings. The zero-order valence-electron chi connectivity index (χ0n) is 14.0. The van der Waals surface area contributed by atoms with Gasteiger partial charge in [-0.25, -0.2) is 4.79 Å². The Balaban J connectivity index is 1.64. The molecule has 1 N–H and O–H groups in total. The number of nitrogens with zero attached hydrogens (tertiary/aromatic N) is 1. The Morgan fingerprint density at radius 2 is 2.11 bits per heavy atom. The number of amides is 2. The van der Waals surface area contributed by atoms with E-state index < -0.39 is 22.4 Å². The van der Waals surface area contributed by atoms with E-state index in [1.54, 1.807) is 6.08 Å². The van der Waals surface area contributed by atoms with Gasteiger partial charge < -0.3 is 10.1 Å². The predicted octanol–water partition coefficient (Wildman–Crippen LogP) is 2.88. The zero-order chi connectivity index (χ0) is 19.8. The second-order valence-electron chi connectivity index (χ2n) is 5.98. The third-order valence-corrected chi connectivity index (χ3v) is 6.39. The minimum atomic E-state index is -1.73. The van der Waals surface area contributed by atoms with Gasteiger partial charge in [0.1, 0.15) is 23.7 Å². The molecule has 0 aromatic carbocycles. The number of hydrogen-bond acceptors (Lipinski definition) is 6. The average molecular weight is 470 g/mol. The lowest BCUT2D eigenvalue weighted by molar-refractivity contribution is -0.152. The normalized spacial score (nSPS) is 24.6. The number of carbonyl (C=O) groups is 3. The van der Waals surface area contributed by atoms with Crippen molar-refractivity contribution in [2.24, 2.45) is 0 Å². The topological polar surface area (TPSA) is 75.7 Å². The van der Waals surface area contributed by atoms with Crippen molar-refractivity contribution in [2.75, 3.05) is 6.61 Å². The fourth-order valence-corrected chi connectivity index (χ4v) is 4.93. The average Bonchev–Trinajstić information content (AvgIpc) is 3.09. The molecule has 1 aromatic heterocycles. The summed E-state index contributed by atoms with van der Waals surface area (Å²) in [7, 11) is 0. The van der Waals surface area contributed by atoms with Crippen molar-refractivity contribution < 1.29 is 19.1 Å². The molecule has 2 aliphatic rings. The molecule has 1 aromatic rings. The molecule has 3 atom stereocenters. The van der Waals surface area contributed by atoms with Crippen molar-refractivity contribution in [1.82, 2.24) is 10.2 Å². The molecule has 2 unspecified atom stereocenters. The molecule has 3 heterocycles. The number of thioether (sulfide) groups is 1. The van der Waals surface area contributed by atoms with Crippen LogP contribution in [0.2, 0.25) is 0 Å². The van der Waals surface area contributed by atoms with Gasteiger partial charge in [0.15, 0.2) is 0 Å². The van der Waals surface area contributed by atoms with Crippen molar-refractivity contribution >= 4 is 75.7 Å². The van der Waals surface area contributed by atoms with Gasteiger partial charge in [0, 0.05) is 10.1 Å². The van der Waals surface area contributed by atoms with Gasteiger partial charge in [-0.1, -0.05) is 40.9 Å². The molecule has 3 rings (SSSR count). The molecule has 2 aliphatic heterocycles. The van der Waals surface area contributed by atoms with Gasteiger partial charge in [-0.3, -0.25) is 14.5 Å². The number of nitrogens with one attached hydrogen (secondary N) is 1. The van der Waals surface area contributed by atoms with E-state index in [4.69, 9.17) is 39.5 Å². The molecule has 0 saturated carbocycles. The van der Waals surface area contributed by atoms with Crippen LogP contribution in [0.1, 0.15) is 11.8 Å². The number of fused-ring (bicyclic) bond motifs is 1. The largest absolute Gasteiger partial charge is 0.456 e. The molecule has 11 heteroatoms. The molecule has 0 spiro atoms. The molecule has 0 aliphatic carbocycles. The maximum absolute atomic E-state index is 12.5. The minimum absolute atomic E-state index is 0.0497. The fourth-order valence-electron chi connectivity index (χ4n) is 2.74. The predicted molar refractivity (Wildman–Crippen MR) is 107 cm³/mol. The van der Waals surface area contributed by atoms with E-state index in [9.17, 15) is 14.4 Å². The molecule has 0 bridgehead atoms. The third-order valence-electron chi connectivity index (χ3n) is 3.86. The van der Waals surface area contributed by atoms with Gasteiger partial charge in [0.05, 0.1) is 6.42 Å². The van der Waals surface area contributed by atoms with Crippen LogP contribution in [0.4, 0.5) is 0 Å². The number of halogens is 3. The lowest BCUT2D eigenvalue weighted by Gasteiger charge is -2.49. The monoisotopic (exact) mass is 468 g/mol. The van der Waals surface area contributed by atoms with Gasteiger partial charge in [0.25, 0.3) is 5.91 Å². The molecule has 27 heavy (non-hydrogen) atoms. The summed E-state index contributed by atoms with van der Waals surface area (Å²) in [6.45, 7) is 1.46. The van der Waals surface area contributed by atoms with Gasteiger partial charge in [-0.15, -0.1) is 23.1 Å². The van der Waals surface area contributed by atoms with Crippen LogP contribution in [0, 0.1) is 0 Å². The first-order chi connectivity index (χ1) is 12.7. The van der Waals surface area contributed by atoms with Gasteiger partial charge in [-0.2, -0.15) is 0 Å². The second-order valence-corrected chi connectivity index (χ2v) is 11.0. The molecular weight excluding hydrogens is 455 g/mol. The van der Waals surface area contributed by atoms with Crippen LogP contribution in [0.3, 0.4) is 0 Å². The Morgan fingerprint density at radius 3 is 2.74 bits per heavy atom. The summed E-state index contributed by atoms with van der Waals surface area (Å²) < 4.78 is 3.26. The van der Waals surface area contributed by atoms with Gasteiger partial charge in [-0.05, 0) is 24.4 Å². The number of thiophene rings is 1. The fraction of sp³-hybridized carbons (Fsp3) is 0.438. The van der Waals surface area contributed by atoms with E-state index in [1.165, 1.54) is 28.0 Å². The number of hydrogen-bond donors (Lipinski definition) is 1. The number of ether oxygens (including phenoxy) is 1. The lowest BCUT2D eigenvalue weighted by atomic mass is 10.0. The quantitative estimate of drug-likeness (QED) is 0.408. The van der Waals surface area contributed by atoms with Crippen LogP contribution < -0.4 is 5.32 Å². The first-order valence-electron chi connectivity index (χ1n) is 7.91. The Hall–Kier alpha value is -0.930. The van der Waals surface area contributed by atoms with E-state index in [0.717, 1.165) is 4.88 Å². The zero-order valence-corrected chi connectivity index (χ0v) is 17.9. The van der Waals surface area contributed by atoms with Crippen LogP contribution in [0.25, 0.3) is 0 Å². The van der Waals surface area contributed by atoms with Crippen LogP contribution in [-0.4, -0.2) is 49.7 Å². The third kappa shape index (κ3) is 4.92. The highest BCUT2D eigenvalue weighted by Gasteiger charge is 2.54. The van der Waals surface area contributed by atoms with Crippen LogP contribution >= 0.6 is 57.9 Å². The van der Waals surface area contributed by atoms with Gasteiger partial charge in [0.2, 0.25) is 9.70 Å². The Kier molecular flexibility index (Phi) is 6.32. The molecule has 1 saturated heterocycles. The highest BCUT2D eigenvalue weighted by Crippen LogP contribution is 2.41. The molecule has 2 amide bonds. The van der Waals surface area contributed by atoms with E-state index >= 15 is 0 Å². The number of esters is 1. The molecule has 6 nitrogen and oxygen atoms in total. The first kappa shape index (κ1) is 20.8. The SMILES string of the molecule is CC1C=C(C(=O)OCC(Cl)(Cl)Cl)N2C(=O)C(NC(=O)Cc3cccs3)[C@@H]2S1. The summed E-state index contributed by atoms with van der Waals surface area (Å²) in [4.78, 5) is 39.3. The highest BCUT2D eigenvalue weighted by molar-refractivity contribution is 8.00. The van der Waals surface area contributed by atoms with Crippen molar-refractivity contribution in [1.29, 1.82) is 0 Å². The first-order valence-corrected chi connectivity index (χ1v) is 10.9. The maximum atomic E-state index is 12.5. The van der Waals surface area contributed by atoms with Crippen LogP contribution in [0.15, 0.2) is 29.3 Å². The van der Waals surface area contributed by atoms with E-state index in [-0.39, 0.29) is 34.6 Å². The summed E-state index contributed by atoms with van der Waals surface area (Å²) in [5.74, 6) is -1.34. The molecular formula is C16H15Cl3N2O4S2. The van der Waals surface area contributed by atoms with Crippen molar-refractivity contribution in [3.05, 3.63) is 34.2 Å². The Labute approximate surface area is 179 Å².